The average molecular weight is 388 g/mol. The van der Waals surface area contributed by atoms with Crippen LogP contribution in [0.2, 0.25) is 0 Å². The van der Waals surface area contributed by atoms with Gasteiger partial charge >= 0.3 is 0 Å². The number of ether oxygens (including phenoxy) is 1. The summed E-state index contributed by atoms with van der Waals surface area (Å²) in [5.41, 5.74) is 3.74. The van der Waals surface area contributed by atoms with E-state index < -0.39 is 10.0 Å². The molecule has 0 aliphatic carbocycles. The van der Waals surface area contributed by atoms with Gasteiger partial charge in [-0.1, -0.05) is 12.1 Å². The van der Waals surface area contributed by atoms with E-state index in [1.807, 2.05) is 19.9 Å². The van der Waals surface area contributed by atoms with Gasteiger partial charge < -0.3 is 9.64 Å². The molecule has 1 N–H and O–H groups in total. The summed E-state index contributed by atoms with van der Waals surface area (Å²) in [6.45, 7) is 7.72. The molecule has 0 aromatic heterocycles. The summed E-state index contributed by atoms with van der Waals surface area (Å²) in [6, 6.07) is 10.0. The van der Waals surface area contributed by atoms with Crippen molar-refractivity contribution in [3.05, 3.63) is 58.7 Å². The number of sulfonamides is 1. The molecule has 0 radical (unpaired) electrons. The van der Waals surface area contributed by atoms with Crippen LogP contribution in [0.3, 0.4) is 0 Å². The molecule has 3 rings (SSSR count). The summed E-state index contributed by atoms with van der Waals surface area (Å²) >= 11 is 0. The zero-order valence-electron chi connectivity index (χ0n) is 15.8. The highest BCUT2D eigenvalue weighted by molar-refractivity contribution is 7.92. The number of hydrogen-bond acceptors (Lipinski definition) is 4. The van der Waals surface area contributed by atoms with Crippen LogP contribution in [0, 0.1) is 20.8 Å². The number of aryl methyl sites for hydroxylation is 3. The lowest BCUT2D eigenvalue weighted by atomic mass is 10.1. The van der Waals surface area contributed by atoms with Crippen molar-refractivity contribution < 1.29 is 17.9 Å². The Balaban J connectivity index is 1.89. The Kier molecular flexibility index (Phi) is 5.53. The summed E-state index contributed by atoms with van der Waals surface area (Å²) < 4.78 is 33.5. The molecule has 0 spiro atoms. The third kappa shape index (κ3) is 4.31. The van der Waals surface area contributed by atoms with E-state index in [1.165, 1.54) is 12.1 Å². The molecule has 27 heavy (non-hydrogen) atoms. The van der Waals surface area contributed by atoms with Crippen LogP contribution >= 0.6 is 0 Å². The Morgan fingerprint density at radius 1 is 0.963 bits per heavy atom. The molecular weight excluding hydrogens is 364 g/mol. The molecule has 2 aromatic rings. The highest BCUT2D eigenvalue weighted by Crippen LogP contribution is 2.22. The number of anilines is 1. The number of hydrogen-bond donors (Lipinski definition) is 1. The molecular formula is C20H24N2O4S. The van der Waals surface area contributed by atoms with Crippen LogP contribution in [-0.2, 0) is 14.8 Å². The van der Waals surface area contributed by atoms with Crippen molar-refractivity contribution in [1.82, 2.24) is 4.90 Å². The number of carbonyl (C=O) groups excluding carboxylic acids is 1. The molecule has 1 aliphatic heterocycles. The van der Waals surface area contributed by atoms with Gasteiger partial charge in [-0.05, 0) is 61.7 Å². The van der Waals surface area contributed by atoms with E-state index >= 15 is 0 Å². The standard InChI is InChI=1S/C20H24N2O4S/c1-14-4-6-17(12-16(14)3)21-27(24,25)18-7-5-15(2)19(13-18)20(23)22-8-10-26-11-9-22/h4-7,12-13,21H,8-11H2,1-3H3. The number of benzene rings is 2. The van der Waals surface area contributed by atoms with Crippen molar-refractivity contribution in [2.45, 2.75) is 25.7 Å². The van der Waals surface area contributed by atoms with E-state index in [-0.39, 0.29) is 10.8 Å². The molecule has 0 bridgehead atoms. The fraction of sp³-hybridized carbons (Fsp3) is 0.350. The molecule has 1 aliphatic rings. The monoisotopic (exact) mass is 388 g/mol. The zero-order valence-corrected chi connectivity index (χ0v) is 16.6. The van der Waals surface area contributed by atoms with E-state index in [4.69, 9.17) is 4.74 Å². The van der Waals surface area contributed by atoms with E-state index in [1.54, 1.807) is 30.0 Å². The third-order valence-electron chi connectivity index (χ3n) is 4.81. The van der Waals surface area contributed by atoms with Gasteiger partial charge in [-0.2, -0.15) is 0 Å². The minimum absolute atomic E-state index is 0.0722. The molecule has 6 nitrogen and oxygen atoms in total. The van der Waals surface area contributed by atoms with Crippen LogP contribution in [-0.4, -0.2) is 45.5 Å². The van der Waals surface area contributed by atoms with Crippen LogP contribution in [0.1, 0.15) is 27.0 Å². The van der Waals surface area contributed by atoms with Crippen molar-refractivity contribution in [3.63, 3.8) is 0 Å². The first-order valence-electron chi connectivity index (χ1n) is 8.86. The lowest BCUT2D eigenvalue weighted by Gasteiger charge is -2.27. The van der Waals surface area contributed by atoms with Crippen molar-refractivity contribution in [3.8, 4) is 0 Å². The Morgan fingerprint density at radius 3 is 2.30 bits per heavy atom. The van der Waals surface area contributed by atoms with Crippen LogP contribution in [0.25, 0.3) is 0 Å². The summed E-state index contributed by atoms with van der Waals surface area (Å²) in [7, 11) is -3.79. The lowest BCUT2D eigenvalue weighted by molar-refractivity contribution is 0.0302. The topological polar surface area (TPSA) is 75.7 Å². The molecule has 144 valence electrons. The first kappa shape index (κ1) is 19.4. The molecule has 1 fully saturated rings. The third-order valence-corrected chi connectivity index (χ3v) is 6.19. The fourth-order valence-corrected chi connectivity index (χ4v) is 4.03. The van der Waals surface area contributed by atoms with Gasteiger partial charge in [-0.3, -0.25) is 9.52 Å². The quantitative estimate of drug-likeness (QED) is 0.874. The number of carbonyl (C=O) groups is 1. The van der Waals surface area contributed by atoms with E-state index in [9.17, 15) is 13.2 Å². The number of amides is 1. The van der Waals surface area contributed by atoms with Crippen LogP contribution in [0.15, 0.2) is 41.3 Å². The summed E-state index contributed by atoms with van der Waals surface area (Å²) in [5.74, 6) is -0.168. The molecule has 1 saturated heterocycles. The summed E-state index contributed by atoms with van der Waals surface area (Å²) in [6.07, 6.45) is 0. The number of rotatable bonds is 4. The van der Waals surface area contributed by atoms with Gasteiger partial charge in [-0.15, -0.1) is 0 Å². The van der Waals surface area contributed by atoms with Crippen molar-refractivity contribution in [1.29, 1.82) is 0 Å². The van der Waals surface area contributed by atoms with Gasteiger partial charge in [0.1, 0.15) is 0 Å². The molecule has 2 aromatic carbocycles. The fourth-order valence-electron chi connectivity index (χ4n) is 2.95. The predicted octanol–water partition coefficient (Wildman–Crippen LogP) is 2.89. The molecule has 1 heterocycles. The second-order valence-corrected chi connectivity index (χ2v) is 8.47. The van der Waals surface area contributed by atoms with Crippen LogP contribution < -0.4 is 4.72 Å². The zero-order chi connectivity index (χ0) is 19.6. The largest absolute Gasteiger partial charge is 0.378 e. The second kappa shape index (κ2) is 7.70. The minimum Gasteiger partial charge on any atom is -0.378 e. The van der Waals surface area contributed by atoms with Gasteiger partial charge in [0, 0.05) is 24.3 Å². The van der Waals surface area contributed by atoms with E-state index in [0.717, 1.165) is 16.7 Å². The van der Waals surface area contributed by atoms with Gasteiger partial charge in [0.2, 0.25) is 0 Å². The lowest BCUT2D eigenvalue weighted by Crippen LogP contribution is -2.41. The first-order valence-corrected chi connectivity index (χ1v) is 10.3. The highest BCUT2D eigenvalue weighted by Gasteiger charge is 2.23. The van der Waals surface area contributed by atoms with Crippen LogP contribution in [0.5, 0.6) is 0 Å². The number of nitrogens with zero attached hydrogens (tertiary/aromatic N) is 1. The summed E-state index contributed by atoms with van der Waals surface area (Å²) in [5, 5.41) is 0. The maximum atomic E-state index is 12.8. The molecule has 0 unspecified atom stereocenters. The maximum Gasteiger partial charge on any atom is 0.261 e. The SMILES string of the molecule is Cc1ccc(NS(=O)(=O)c2ccc(C)c(C(=O)N3CCOCC3)c2)cc1C. The molecule has 0 atom stereocenters. The maximum absolute atomic E-state index is 12.8. The van der Waals surface area contributed by atoms with E-state index in [0.29, 0.717) is 37.6 Å². The Hall–Kier alpha value is -2.38. The second-order valence-electron chi connectivity index (χ2n) is 6.79. The minimum atomic E-state index is -3.79. The van der Waals surface area contributed by atoms with Crippen molar-refractivity contribution in [2.24, 2.45) is 0 Å². The molecule has 7 heteroatoms. The average Bonchev–Trinajstić information content (AvgIpc) is 2.65. The predicted molar refractivity (Wildman–Crippen MR) is 105 cm³/mol. The van der Waals surface area contributed by atoms with Crippen molar-refractivity contribution in [2.75, 3.05) is 31.0 Å². The van der Waals surface area contributed by atoms with Gasteiger partial charge in [-0.25, -0.2) is 8.42 Å². The van der Waals surface area contributed by atoms with E-state index in [2.05, 4.69) is 4.72 Å². The molecule has 1 amide bonds. The number of morpholine rings is 1. The summed E-state index contributed by atoms with van der Waals surface area (Å²) in [4.78, 5) is 14.6. The van der Waals surface area contributed by atoms with Crippen molar-refractivity contribution >= 4 is 21.6 Å². The van der Waals surface area contributed by atoms with Gasteiger partial charge in [0.05, 0.1) is 18.1 Å². The Morgan fingerprint density at radius 2 is 1.63 bits per heavy atom. The van der Waals surface area contributed by atoms with Gasteiger partial charge in [0.15, 0.2) is 0 Å². The smallest absolute Gasteiger partial charge is 0.261 e. The van der Waals surface area contributed by atoms with Crippen LogP contribution in [0.4, 0.5) is 5.69 Å². The number of nitrogens with one attached hydrogen (secondary N) is 1. The normalized spacial score (nSPS) is 14.9. The first-order chi connectivity index (χ1) is 12.8. The van der Waals surface area contributed by atoms with Gasteiger partial charge in [0.25, 0.3) is 15.9 Å². The molecule has 0 saturated carbocycles. The Labute approximate surface area is 160 Å². The Bertz CT molecular complexity index is 964. The highest BCUT2D eigenvalue weighted by atomic mass is 32.2.